The Morgan fingerprint density at radius 1 is 1.31 bits per heavy atom. The van der Waals surface area contributed by atoms with Crippen LogP contribution in [-0.2, 0) is 16.1 Å². The summed E-state index contributed by atoms with van der Waals surface area (Å²) in [5, 5.41) is 0.996. The molecule has 0 unspecified atom stereocenters. The Labute approximate surface area is 104 Å². The fraction of sp³-hybridized carbons (Fsp3) is 0.462. The van der Waals surface area contributed by atoms with Gasteiger partial charge in [-0.3, -0.25) is 4.79 Å². The van der Waals surface area contributed by atoms with E-state index in [-0.39, 0.29) is 11.9 Å². The number of alkyl halides is 1. The lowest BCUT2D eigenvalue weighted by Crippen LogP contribution is -2.32. The number of carbonyl (C=O) groups is 1. The zero-order valence-electron chi connectivity index (χ0n) is 9.06. The number of halogens is 1. The highest BCUT2D eigenvalue weighted by atomic mass is 79.9. The highest BCUT2D eigenvalue weighted by Gasteiger charge is 2.34. The normalized spacial score (nSPS) is 23.6. The second-order valence-corrected chi connectivity index (χ2v) is 4.93. The molecule has 1 aromatic rings. The molecule has 0 amide bonds. The number of rotatable bonds is 4. The summed E-state index contributed by atoms with van der Waals surface area (Å²) in [6.45, 7) is 0.398. The Bertz CT molecular complexity index is 344. The molecule has 2 nitrogen and oxygen atoms in total. The molecule has 1 fully saturated rings. The fourth-order valence-electron chi connectivity index (χ4n) is 1.90. The number of hydrogen-bond acceptors (Lipinski definition) is 2. The molecule has 0 N–H and O–H groups in total. The molecule has 1 aliphatic rings. The van der Waals surface area contributed by atoms with Gasteiger partial charge in [-0.1, -0.05) is 46.3 Å². The van der Waals surface area contributed by atoms with Crippen molar-refractivity contribution in [2.24, 2.45) is 11.8 Å². The van der Waals surface area contributed by atoms with Crippen molar-refractivity contribution in [3.05, 3.63) is 35.9 Å². The van der Waals surface area contributed by atoms with Crippen molar-refractivity contribution in [1.82, 2.24) is 0 Å². The summed E-state index contributed by atoms with van der Waals surface area (Å²) in [7, 11) is 0. The summed E-state index contributed by atoms with van der Waals surface area (Å²) in [4.78, 5) is 11.6. The zero-order chi connectivity index (χ0) is 11.4. The lowest BCUT2D eigenvalue weighted by Gasteiger charge is -2.32. The first-order chi connectivity index (χ1) is 7.79. The van der Waals surface area contributed by atoms with Gasteiger partial charge in [0.1, 0.15) is 6.61 Å². The lowest BCUT2D eigenvalue weighted by molar-refractivity contribution is -0.154. The Morgan fingerprint density at radius 3 is 2.62 bits per heavy atom. The van der Waals surface area contributed by atoms with Gasteiger partial charge in [0.2, 0.25) is 0 Å². The maximum atomic E-state index is 11.6. The molecule has 0 radical (unpaired) electrons. The van der Waals surface area contributed by atoms with Gasteiger partial charge in [0.25, 0.3) is 0 Å². The number of esters is 1. The molecule has 0 heterocycles. The van der Waals surface area contributed by atoms with Gasteiger partial charge in [-0.2, -0.15) is 0 Å². The Hall–Kier alpha value is -0.830. The van der Waals surface area contributed by atoms with E-state index in [1.165, 1.54) is 0 Å². The van der Waals surface area contributed by atoms with Crippen LogP contribution in [0.1, 0.15) is 18.4 Å². The summed E-state index contributed by atoms with van der Waals surface area (Å²) in [6.07, 6.45) is 1.94. The van der Waals surface area contributed by atoms with Crippen LogP contribution in [0.4, 0.5) is 0 Å². The molecular formula is C13H15BrO2. The van der Waals surface area contributed by atoms with E-state index in [1.807, 2.05) is 30.3 Å². The third kappa shape index (κ3) is 2.85. The van der Waals surface area contributed by atoms with Crippen molar-refractivity contribution in [2.75, 3.05) is 5.33 Å². The largest absolute Gasteiger partial charge is 0.461 e. The van der Waals surface area contributed by atoms with Crippen LogP contribution < -0.4 is 0 Å². The summed E-state index contributed by atoms with van der Waals surface area (Å²) >= 11 is 3.43. The number of ether oxygens (including phenoxy) is 1. The monoisotopic (exact) mass is 282 g/mol. The van der Waals surface area contributed by atoms with Crippen LogP contribution in [0.5, 0.6) is 0 Å². The van der Waals surface area contributed by atoms with Gasteiger partial charge in [-0.15, -0.1) is 0 Å². The van der Waals surface area contributed by atoms with Crippen LogP contribution in [0.15, 0.2) is 30.3 Å². The third-order valence-electron chi connectivity index (χ3n) is 3.01. The van der Waals surface area contributed by atoms with Gasteiger partial charge >= 0.3 is 5.97 Å². The van der Waals surface area contributed by atoms with E-state index in [9.17, 15) is 4.79 Å². The van der Waals surface area contributed by atoms with E-state index in [4.69, 9.17) is 4.74 Å². The molecule has 1 aliphatic carbocycles. The Kier molecular flexibility index (Phi) is 3.99. The molecule has 2 rings (SSSR count). The van der Waals surface area contributed by atoms with Gasteiger partial charge < -0.3 is 4.74 Å². The van der Waals surface area contributed by atoms with E-state index in [1.54, 1.807) is 0 Å². The van der Waals surface area contributed by atoms with Crippen LogP contribution >= 0.6 is 15.9 Å². The van der Waals surface area contributed by atoms with Crippen LogP contribution in [-0.4, -0.2) is 11.3 Å². The minimum absolute atomic E-state index is 0.0407. The average Bonchev–Trinajstić information content (AvgIpc) is 2.26. The second-order valence-electron chi connectivity index (χ2n) is 4.28. The van der Waals surface area contributed by atoms with Gasteiger partial charge in [-0.05, 0) is 24.3 Å². The maximum Gasteiger partial charge on any atom is 0.309 e. The third-order valence-corrected chi connectivity index (χ3v) is 3.93. The van der Waals surface area contributed by atoms with Crippen molar-refractivity contribution in [1.29, 1.82) is 0 Å². The van der Waals surface area contributed by atoms with Crippen molar-refractivity contribution in [3.63, 3.8) is 0 Å². The molecular weight excluding hydrogens is 268 g/mol. The molecule has 0 aromatic heterocycles. The Morgan fingerprint density at radius 2 is 2.00 bits per heavy atom. The van der Waals surface area contributed by atoms with Gasteiger partial charge in [-0.25, -0.2) is 0 Å². The summed E-state index contributed by atoms with van der Waals surface area (Å²) < 4.78 is 5.27. The summed E-state index contributed by atoms with van der Waals surface area (Å²) in [5.41, 5.74) is 1.05. The fourth-order valence-corrected chi connectivity index (χ4v) is 2.43. The molecule has 1 saturated carbocycles. The molecule has 0 spiro atoms. The van der Waals surface area contributed by atoms with Gasteiger partial charge in [0, 0.05) is 5.33 Å². The molecule has 0 bridgehead atoms. The lowest BCUT2D eigenvalue weighted by atomic mass is 9.76. The molecule has 0 atom stereocenters. The second kappa shape index (κ2) is 5.48. The maximum absolute atomic E-state index is 11.6. The van der Waals surface area contributed by atoms with E-state index in [2.05, 4.69) is 15.9 Å². The number of hydrogen-bond donors (Lipinski definition) is 0. The van der Waals surface area contributed by atoms with E-state index < -0.39 is 0 Å². The van der Waals surface area contributed by atoms with Crippen molar-refractivity contribution in [2.45, 2.75) is 19.4 Å². The van der Waals surface area contributed by atoms with E-state index >= 15 is 0 Å². The standard InChI is InChI=1S/C13H15BrO2/c14-8-11-6-12(7-11)13(15)16-9-10-4-2-1-3-5-10/h1-5,11-12H,6-9H2. The first-order valence-electron chi connectivity index (χ1n) is 5.56. The van der Waals surface area contributed by atoms with Crippen LogP contribution in [0.3, 0.4) is 0 Å². The molecule has 1 aromatic carbocycles. The van der Waals surface area contributed by atoms with Crippen molar-refractivity contribution < 1.29 is 9.53 Å². The SMILES string of the molecule is O=C(OCc1ccccc1)C1CC(CBr)C1. The quantitative estimate of drug-likeness (QED) is 0.626. The van der Waals surface area contributed by atoms with E-state index in [0.717, 1.165) is 23.7 Å². The van der Waals surface area contributed by atoms with E-state index in [0.29, 0.717) is 12.5 Å². The highest BCUT2D eigenvalue weighted by molar-refractivity contribution is 9.09. The molecule has 0 aliphatic heterocycles. The molecule has 16 heavy (non-hydrogen) atoms. The van der Waals surface area contributed by atoms with Crippen LogP contribution in [0.25, 0.3) is 0 Å². The molecule has 3 heteroatoms. The number of benzene rings is 1. The predicted octanol–water partition coefficient (Wildman–Crippen LogP) is 3.15. The topological polar surface area (TPSA) is 26.3 Å². The minimum atomic E-state index is -0.0407. The molecule has 0 saturated heterocycles. The van der Waals surface area contributed by atoms with Crippen LogP contribution in [0, 0.1) is 11.8 Å². The highest BCUT2D eigenvalue weighted by Crippen LogP contribution is 2.35. The number of carbonyl (C=O) groups excluding carboxylic acids is 1. The zero-order valence-corrected chi connectivity index (χ0v) is 10.7. The Balaban J connectivity index is 1.73. The predicted molar refractivity (Wildman–Crippen MR) is 66.2 cm³/mol. The summed E-state index contributed by atoms with van der Waals surface area (Å²) in [5.74, 6) is 0.751. The van der Waals surface area contributed by atoms with Gasteiger partial charge in [0.05, 0.1) is 5.92 Å². The van der Waals surface area contributed by atoms with Gasteiger partial charge in [0.15, 0.2) is 0 Å². The molecule has 86 valence electrons. The average molecular weight is 283 g/mol. The first-order valence-corrected chi connectivity index (χ1v) is 6.68. The minimum Gasteiger partial charge on any atom is -0.461 e. The van der Waals surface area contributed by atoms with Crippen molar-refractivity contribution in [3.8, 4) is 0 Å². The first kappa shape index (κ1) is 11.6. The summed E-state index contributed by atoms with van der Waals surface area (Å²) in [6, 6.07) is 9.79. The van der Waals surface area contributed by atoms with Crippen molar-refractivity contribution >= 4 is 21.9 Å². The van der Waals surface area contributed by atoms with Crippen LogP contribution in [0.2, 0.25) is 0 Å². The smallest absolute Gasteiger partial charge is 0.309 e.